The first-order valence-corrected chi connectivity index (χ1v) is 18.2. The van der Waals surface area contributed by atoms with Crippen molar-refractivity contribution in [2.75, 3.05) is 38.3 Å². The Morgan fingerprint density at radius 2 is 1.82 bits per heavy atom. The fourth-order valence-corrected chi connectivity index (χ4v) is 7.23. The first-order valence-electron chi connectivity index (χ1n) is 13.0. The van der Waals surface area contributed by atoms with Crippen LogP contribution in [0.5, 0.6) is 11.5 Å². The van der Waals surface area contributed by atoms with Gasteiger partial charge in [0.2, 0.25) is 16.0 Å². The average Bonchev–Trinajstić information content (AvgIpc) is 3.27. The van der Waals surface area contributed by atoms with E-state index in [1.807, 2.05) is 35.8 Å². The number of para-hydroxylation sites is 1. The summed E-state index contributed by atoms with van der Waals surface area (Å²) < 4.78 is 48.8. The topological polar surface area (TPSA) is 122 Å². The Balaban J connectivity index is 1.81. The van der Waals surface area contributed by atoms with Gasteiger partial charge in [0.05, 0.1) is 43.0 Å². The number of fused-ring (bicyclic) bond motifs is 3. The summed E-state index contributed by atoms with van der Waals surface area (Å²) >= 11 is 0. The lowest BCUT2D eigenvalue weighted by Gasteiger charge is -2.32. The molecule has 2 aromatic heterocycles. The van der Waals surface area contributed by atoms with Gasteiger partial charge < -0.3 is 14.2 Å². The molecular formula is C26H38N6O5SSi. The van der Waals surface area contributed by atoms with E-state index in [2.05, 4.69) is 39.8 Å². The van der Waals surface area contributed by atoms with Crippen molar-refractivity contribution in [1.29, 1.82) is 0 Å². The summed E-state index contributed by atoms with van der Waals surface area (Å²) in [6.45, 7) is 11.1. The van der Waals surface area contributed by atoms with Crippen molar-refractivity contribution < 1.29 is 22.6 Å². The van der Waals surface area contributed by atoms with Crippen LogP contribution < -0.4 is 13.8 Å². The molecule has 2 unspecified atom stereocenters. The van der Waals surface area contributed by atoms with Gasteiger partial charge in [-0.3, -0.25) is 4.57 Å². The first kappa shape index (κ1) is 29.0. The third-order valence-electron chi connectivity index (χ3n) is 7.02. The Morgan fingerprint density at radius 1 is 1.13 bits per heavy atom. The van der Waals surface area contributed by atoms with E-state index in [4.69, 9.17) is 14.2 Å². The molecule has 0 spiro atoms. The van der Waals surface area contributed by atoms with Crippen molar-refractivity contribution in [3.63, 3.8) is 0 Å². The Labute approximate surface area is 231 Å². The quantitative estimate of drug-likeness (QED) is 0.313. The fourth-order valence-electron chi connectivity index (χ4n) is 4.44. The van der Waals surface area contributed by atoms with Gasteiger partial charge in [0, 0.05) is 27.6 Å². The maximum atomic E-state index is 14.4. The van der Waals surface area contributed by atoms with Crippen molar-refractivity contribution in [1.82, 2.24) is 24.7 Å². The Kier molecular flexibility index (Phi) is 8.62. The lowest BCUT2D eigenvalue weighted by atomic mass is 10.1. The van der Waals surface area contributed by atoms with E-state index in [0.717, 1.165) is 11.6 Å². The van der Waals surface area contributed by atoms with Gasteiger partial charge in [-0.05, 0) is 25.1 Å². The third kappa shape index (κ3) is 6.09. The number of hydrogen-bond acceptors (Lipinski definition) is 9. The zero-order valence-corrected chi connectivity index (χ0v) is 25.5. The molecule has 0 saturated heterocycles. The van der Waals surface area contributed by atoms with Crippen LogP contribution in [0.1, 0.15) is 31.6 Å². The fraction of sp³-hybridized carbons (Fsp3) is 0.538. The predicted octanol–water partition coefficient (Wildman–Crippen LogP) is 3.99. The van der Waals surface area contributed by atoms with Gasteiger partial charge in [-0.25, -0.2) is 22.7 Å². The minimum absolute atomic E-state index is 0.264. The highest BCUT2D eigenvalue weighted by Crippen LogP contribution is 2.38. The second-order valence-corrected chi connectivity index (χ2v) is 18.8. The van der Waals surface area contributed by atoms with Gasteiger partial charge in [0.1, 0.15) is 18.2 Å². The molecule has 11 nitrogen and oxygen atoms in total. The van der Waals surface area contributed by atoms with Gasteiger partial charge in [-0.1, -0.05) is 38.7 Å². The first-order chi connectivity index (χ1) is 18.5. The lowest BCUT2D eigenvalue weighted by Crippen LogP contribution is -2.44. The van der Waals surface area contributed by atoms with Crippen LogP contribution in [0.25, 0.3) is 11.4 Å². The molecule has 4 rings (SSSR count). The molecule has 0 amide bonds. The van der Waals surface area contributed by atoms with E-state index < -0.39 is 29.3 Å². The molecule has 3 atom stereocenters. The standard InChI is InChI=1S/C26H38N6O5SSi/c1-18(24-27-14-21(36-4)15-28-24)19(2)38(33,34)31(12-13-39(5,6)7)26-30-29-25-22-10-8-9-11-23(22)37-17-20(16-35-3)32(25)26/h8-11,14-15,18-20H,12-13,16-17H2,1-7H3/t18?,19?,20-/m0/s1. The van der Waals surface area contributed by atoms with Crippen LogP contribution in [-0.4, -0.2) is 80.5 Å². The minimum Gasteiger partial charge on any atom is -0.494 e. The second-order valence-electron chi connectivity index (χ2n) is 11.0. The molecule has 0 radical (unpaired) electrons. The Hall–Kier alpha value is -3.03. The molecule has 0 bridgehead atoms. The molecule has 0 saturated carbocycles. The van der Waals surface area contributed by atoms with Crippen LogP contribution in [0.3, 0.4) is 0 Å². The number of nitrogens with zero attached hydrogens (tertiary/aromatic N) is 6. The van der Waals surface area contributed by atoms with Gasteiger partial charge in [-0.2, -0.15) is 0 Å². The number of ether oxygens (including phenoxy) is 3. The number of anilines is 1. The number of hydrogen-bond donors (Lipinski definition) is 0. The van der Waals surface area contributed by atoms with Crippen molar-refractivity contribution in [2.45, 2.75) is 56.7 Å². The summed E-state index contributed by atoms with van der Waals surface area (Å²) in [5, 5.41) is 8.15. The zero-order valence-electron chi connectivity index (χ0n) is 23.7. The van der Waals surface area contributed by atoms with Gasteiger partial charge in [-0.15, -0.1) is 10.2 Å². The summed E-state index contributed by atoms with van der Waals surface area (Å²) in [5.41, 5.74) is 0.755. The second kappa shape index (κ2) is 11.6. The van der Waals surface area contributed by atoms with Gasteiger partial charge in [0.15, 0.2) is 11.6 Å². The van der Waals surface area contributed by atoms with Crippen molar-refractivity contribution in [3.05, 3.63) is 42.5 Å². The van der Waals surface area contributed by atoms with Crippen LogP contribution in [-0.2, 0) is 14.8 Å². The summed E-state index contributed by atoms with van der Waals surface area (Å²) in [4.78, 5) is 8.71. The van der Waals surface area contributed by atoms with Crippen LogP contribution in [0.4, 0.5) is 5.95 Å². The maximum Gasteiger partial charge on any atom is 0.241 e. The number of methoxy groups -OCH3 is 2. The maximum absolute atomic E-state index is 14.4. The number of rotatable bonds is 11. The molecule has 1 aliphatic heterocycles. The van der Waals surface area contributed by atoms with Crippen LogP contribution in [0, 0.1) is 0 Å². The lowest BCUT2D eigenvalue weighted by molar-refractivity contribution is 0.126. The molecule has 1 aromatic carbocycles. The number of benzene rings is 1. The SMILES string of the molecule is COC[C@H]1COc2ccccc2-c2nnc(N(CC[Si](C)(C)C)S(=O)(=O)C(C)C(C)c3ncc(OC)cn3)n21. The van der Waals surface area contributed by atoms with E-state index >= 15 is 0 Å². The summed E-state index contributed by atoms with van der Waals surface area (Å²) in [7, 11) is -2.42. The highest BCUT2D eigenvalue weighted by molar-refractivity contribution is 7.93. The molecule has 13 heteroatoms. The van der Waals surface area contributed by atoms with E-state index in [0.29, 0.717) is 36.3 Å². The van der Waals surface area contributed by atoms with Crippen molar-refractivity contribution in [2.24, 2.45) is 0 Å². The molecule has 3 aromatic rings. The normalized spacial score (nSPS) is 16.8. The molecule has 1 aliphatic rings. The third-order valence-corrected chi connectivity index (χ3v) is 11.1. The van der Waals surface area contributed by atoms with Crippen molar-refractivity contribution >= 4 is 24.0 Å². The van der Waals surface area contributed by atoms with E-state index in [9.17, 15) is 8.42 Å². The Morgan fingerprint density at radius 3 is 2.46 bits per heavy atom. The molecule has 39 heavy (non-hydrogen) atoms. The Bertz CT molecular complexity index is 1380. The minimum atomic E-state index is -3.93. The van der Waals surface area contributed by atoms with E-state index in [-0.39, 0.29) is 18.6 Å². The largest absolute Gasteiger partial charge is 0.494 e. The van der Waals surface area contributed by atoms with E-state index in [1.54, 1.807) is 26.4 Å². The molecular weight excluding hydrogens is 536 g/mol. The van der Waals surface area contributed by atoms with Crippen LogP contribution >= 0.6 is 0 Å². The molecule has 0 N–H and O–H groups in total. The molecule has 0 fully saturated rings. The highest BCUT2D eigenvalue weighted by Gasteiger charge is 2.40. The number of aromatic nitrogens is 5. The zero-order chi connectivity index (χ0) is 28.4. The van der Waals surface area contributed by atoms with Gasteiger partial charge in [0.25, 0.3) is 0 Å². The molecule has 3 heterocycles. The molecule has 212 valence electrons. The summed E-state index contributed by atoms with van der Waals surface area (Å²) in [5.74, 6) is 1.94. The summed E-state index contributed by atoms with van der Waals surface area (Å²) in [6, 6.07) is 7.99. The average molecular weight is 575 g/mol. The van der Waals surface area contributed by atoms with Gasteiger partial charge >= 0.3 is 0 Å². The van der Waals surface area contributed by atoms with E-state index in [1.165, 1.54) is 11.4 Å². The monoisotopic (exact) mass is 574 g/mol. The molecule has 0 aliphatic carbocycles. The van der Waals surface area contributed by atoms with Crippen LogP contribution in [0.15, 0.2) is 36.7 Å². The van der Waals surface area contributed by atoms with Crippen molar-refractivity contribution in [3.8, 4) is 22.9 Å². The smallest absolute Gasteiger partial charge is 0.241 e. The van der Waals surface area contributed by atoms with Crippen LogP contribution in [0.2, 0.25) is 25.7 Å². The summed E-state index contributed by atoms with van der Waals surface area (Å²) in [6.07, 6.45) is 3.10. The predicted molar refractivity (Wildman–Crippen MR) is 153 cm³/mol. The number of sulfonamides is 1. The highest BCUT2D eigenvalue weighted by atomic mass is 32.2.